The molecule has 0 saturated carbocycles. The number of hydrogen-bond donors (Lipinski definition) is 0. The fraction of sp³-hybridized carbons (Fsp3) is 0.289. The quantitative estimate of drug-likeness (QED) is 0.145. The Kier molecular flexibility index (Phi) is 15.3. The molecule has 258 valence electrons. The predicted octanol–water partition coefficient (Wildman–Crippen LogP) is 11.6. The minimum absolute atomic E-state index is 0. The number of benzene rings is 6. The zero-order valence-corrected chi connectivity index (χ0v) is 26.7. The third-order valence-corrected chi connectivity index (χ3v) is 8.21. The van der Waals surface area contributed by atoms with Gasteiger partial charge in [-0.2, -0.15) is 0 Å². The molecule has 0 bridgehead atoms. The minimum Gasteiger partial charge on any atom is -0.490 e. The lowest BCUT2D eigenvalue weighted by Crippen LogP contribution is -2.04. The van der Waals surface area contributed by atoms with Crippen LogP contribution in [-0.4, -0.2) is 38.6 Å². The van der Waals surface area contributed by atoms with Crippen LogP contribution < -0.4 is 9.47 Å². The maximum absolute atomic E-state index is 5.72. The Bertz CT molecular complexity index is 1670. The zero-order chi connectivity index (χ0) is 31.6. The van der Waals surface area contributed by atoms with Crippen LogP contribution in [0.2, 0.25) is 0 Å². The van der Waals surface area contributed by atoms with Gasteiger partial charge in [0, 0.05) is 10.8 Å². The van der Waals surface area contributed by atoms with E-state index in [9.17, 15) is 0 Å². The highest BCUT2D eigenvalue weighted by atomic mass is 16.6. The topological polar surface area (TPSA) is 43.5 Å². The Balaban J connectivity index is 0.000000193. The van der Waals surface area contributed by atoms with Crippen molar-refractivity contribution in [3.8, 4) is 22.6 Å². The van der Waals surface area contributed by atoms with Crippen molar-refractivity contribution in [2.75, 3.05) is 26.4 Å². The number of fused-ring (bicyclic) bond motifs is 2. The molecule has 2 fully saturated rings. The van der Waals surface area contributed by atoms with Crippen LogP contribution in [0.1, 0.15) is 47.3 Å². The molecule has 2 saturated heterocycles. The van der Waals surface area contributed by atoms with Crippen molar-refractivity contribution < 1.29 is 18.9 Å². The highest BCUT2D eigenvalue weighted by Gasteiger charge is 2.24. The molecule has 0 aliphatic carbocycles. The summed E-state index contributed by atoms with van der Waals surface area (Å²) in [4.78, 5) is 0. The molecule has 49 heavy (non-hydrogen) atoms. The molecule has 0 spiro atoms. The second-order valence-electron chi connectivity index (χ2n) is 11.6. The van der Waals surface area contributed by atoms with Gasteiger partial charge in [0.2, 0.25) is 0 Å². The average molecular weight is 659 g/mol. The van der Waals surface area contributed by atoms with E-state index in [2.05, 4.69) is 98.8 Å². The maximum Gasteiger partial charge on any atom is 0.127 e. The van der Waals surface area contributed by atoms with Crippen molar-refractivity contribution >= 4 is 21.5 Å². The normalized spacial score (nSPS) is 15.1. The van der Waals surface area contributed by atoms with Crippen molar-refractivity contribution in [1.29, 1.82) is 0 Å². The van der Waals surface area contributed by atoms with Gasteiger partial charge >= 0.3 is 0 Å². The summed E-state index contributed by atoms with van der Waals surface area (Å²) in [6, 6.07) is 46.4. The lowest BCUT2D eigenvalue weighted by atomic mass is 10.0. The van der Waals surface area contributed by atoms with E-state index in [1.54, 1.807) is 0 Å². The first-order valence-electron chi connectivity index (χ1n) is 16.3. The molecular formula is C45H54O4. The van der Waals surface area contributed by atoms with Crippen LogP contribution >= 0.6 is 0 Å². The van der Waals surface area contributed by atoms with E-state index in [-0.39, 0.29) is 22.3 Å². The minimum atomic E-state index is 0. The maximum atomic E-state index is 5.72. The summed E-state index contributed by atoms with van der Waals surface area (Å²) in [7, 11) is 0. The van der Waals surface area contributed by atoms with Crippen LogP contribution in [0.3, 0.4) is 0 Å². The van der Waals surface area contributed by atoms with E-state index in [0.29, 0.717) is 25.4 Å². The number of ether oxygens (including phenoxy) is 4. The molecule has 0 amide bonds. The number of rotatable bonds is 9. The van der Waals surface area contributed by atoms with E-state index in [4.69, 9.17) is 18.9 Å². The molecule has 2 unspecified atom stereocenters. The lowest BCUT2D eigenvalue weighted by molar-refractivity contribution is 0.265. The van der Waals surface area contributed by atoms with Crippen LogP contribution in [0.15, 0.2) is 133 Å². The molecular weight excluding hydrogens is 604 g/mol. The van der Waals surface area contributed by atoms with E-state index < -0.39 is 0 Å². The Morgan fingerprint density at radius 3 is 1.16 bits per heavy atom. The first-order valence-corrected chi connectivity index (χ1v) is 16.3. The largest absolute Gasteiger partial charge is 0.490 e. The fourth-order valence-electron chi connectivity index (χ4n) is 5.20. The van der Waals surface area contributed by atoms with Gasteiger partial charge in [0.25, 0.3) is 0 Å². The molecule has 0 N–H and O–H groups in total. The second kappa shape index (κ2) is 19.4. The molecule has 0 aromatic heterocycles. The van der Waals surface area contributed by atoms with Gasteiger partial charge in [-0.3, -0.25) is 0 Å². The van der Waals surface area contributed by atoms with Crippen molar-refractivity contribution in [2.45, 2.75) is 61.2 Å². The second-order valence-corrected chi connectivity index (χ2v) is 11.6. The van der Waals surface area contributed by atoms with Gasteiger partial charge in [-0.05, 0) is 58.0 Å². The summed E-state index contributed by atoms with van der Waals surface area (Å²) < 4.78 is 21.7. The third-order valence-electron chi connectivity index (χ3n) is 8.21. The van der Waals surface area contributed by atoms with Crippen LogP contribution in [0.25, 0.3) is 32.7 Å². The summed E-state index contributed by atoms with van der Waals surface area (Å²) >= 11 is 0. The molecule has 2 atom stereocenters. The van der Waals surface area contributed by atoms with E-state index >= 15 is 0 Å². The summed E-state index contributed by atoms with van der Waals surface area (Å²) in [5, 5.41) is 4.76. The third kappa shape index (κ3) is 11.2. The standard InChI is InChI=1S/C16H18.2C13H12O2.3CH4/c1-3-13-5-9-15(10-6-13)16-11-7-14(4-2)8-12-16;2*1-2-6-12-10(4-1)5-3-7-13(12)15-9-11-8-14-11;;;/h5-12H,3-4H2,1-2H3;2*1-7,11H,8-9H2;3*1H4. The Morgan fingerprint density at radius 2 is 0.816 bits per heavy atom. The predicted molar refractivity (Wildman–Crippen MR) is 209 cm³/mol. The molecule has 2 aliphatic heterocycles. The van der Waals surface area contributed by atoms with Gasteiger partial charge in [0.1, 0.15) is 36.9 Å². The van der Waals surface area contributed by atoms with Gasteiger partial charge in [-0.25, -0.2) is 0 Å². The Hall–Kier alpha value is -4.64. The summed E-state index contributed by atoms with van der Waals surface area (Å²) in [5.41, 5.74) is 5.41. The number of hydrogen-bond acceptors (Lipinski definition) is 4. The summed E-state index contributed by atoms with van der Waals surface area (Å²) in [5.74, 6) is 1.90. The van der Waals surface area contributed by atoms with Gasteiger partial charge in [-0.1, -0.05) is 157 Å². The SMILES string of the molecule is C.C.C.CCc1ccc(-c2ccc(CC)cc2)cc1.c1ccc2c(OCC3CO3)cccc2c1.c1ccc2c(OCC3CO3)cccc2c1. The molecule has 6 aromatic rings. The van der Waals surface area contributed by atoms with Crippen LogP contribution in [0.4, 0.5) is 0 Å². The molecule has 4 nitrogen and oxygen atoms in total. The summed E-state index contributed by atoms with van der Waals surface area (Å²) in [6.45, 7) is 7.37. The van der Waals surface area contributed by atoms with Crippen molar-refractivity contribution in [1.82, 2.24) is 0 Å². The van der Waals surface area contributed by atoms with E-state index in [0.717, 1.165) is 37.6 Å². The number of aryl methyl sites for hydroxylation is 2. The molecule has 2 aliphatic rings. The first-order chi connectivity index (χ1) is 22.7. The van der Waals surface area contributed by atoms with Crippen LogP contribution in [-0.2, 0) is 22.3 Å². The lowest BCUT2D eigenvalue weighted by Gasteiger charge is -2.07. The van der Waals surface area contributed by atoms with Gasteiger partial charge < -0.3 is 18.9 Å². The van der Waals surface area contributed by atoms with Crippen molar-refractivity contribution in [2.24, 2.45) is 0 Å². The smallest absolute Gasteiger partial charge is 0.127 e. The average Bonchev–Trinajstić information content (AvgIpc) is 4.07. The van der Waals surface area contributed by atoms with Gasteiger partial charge in [0.15, 0.2) is 0 Å². The zero-order valence-electron chi connectivity index (χ0n) is 26.7. The van der Waals surface area contributed by atoms with Crippen LogP contribution in [0, 0.1) is 0 Å². The van der Waals surface area contributed by atoms with E-state index in [1.807, 2.05) is 48.5 Å². The van der Waals surface area contributed by atoms with Gasteiger partial charge in [-0.15, -0.1) is 0 Å². The van der Waals surface area contributed by atoms with Gasteiger partial charge in [0.05, 0.1) is 13.2 Å². The molecule has 2 heterocycles. The highest BCUT2D eigenvalue weighted by Crippen LogP contribution is 2.27. The van der Waals surface area contributed by atoms with Crippen molar-refractivity contribution in [3.63, 3.8) is 0 Å². The van der Waals surface area contributed by atoms with Crippen LogP contribution in [0.5, 0.6) is 11.5 Å². The number of epoxide rings is 2. The monoisotopic (exact) mass is 658 g/mol. The molecule has 0 radical (unpaired) electrons. The Labute approximate surface area is 294 Å². The molecule has 6 aromatic carbocycles. The molecule has 4 heteroatoms. The fourth-order valence-corrected chi connectivity index (χ4v) is 5.20. The van der Waals surface area contributed by atoms with E-state index in [1.165, 1.54) is 43.8 Å². The molecule has 8 rings (SSSR count). The summed E-state index contributed by atoms with van der Waals surface area (Å²) in [6.07, 6.45) is 2.83. The first kappa shape index (κ1) is 38.8. The Morgan fingerprint density at radius 1 is 0.469 bits per heavy atom. The highest BCUT2D eigenvalue weighted by molar-refractivity contribution is 5.88. The van der Waals surface area contributed by atoms with Crippen molar-refractivity contribution in [3.05, 3.63) is 145 Å².